The minimum absolute atomic E-state index is 0.113. The summed E-state index contributed by atoms with van der Waals surface area (Å²) >= 11 is 0. The Hall–Kier alpha value is -1.08. The van der Waals surface area contributed by atoms with Gasteiger partial charge in [-0.2, -0.15) is 5.26 Å². The summed E-state index contributed by atoms with van der Waals surface area (Å²) in [5.41, 5.74) is 0. The fraction of sp³-hybridized carbons (Fsp3) is 0.833. The van der Waals surface area contributed by atoms with Crippen molar-refractivity contribution in [1.82, 2.24) is 9.80 Å². The number of nitriles is 1. The molecule has 16 heavy (non-hydrogen) atoms. The van der Waals surface area contributed by atoms with Gasteiger partial charge in [0.25, 0.3) is 0 Å². The number of rotatable bonds is 6. The Bertz CT molecular complexity index is 255. The van der Waals surface area contributed by atoms with Gasteiger partial charge in [0.2, 0.25) is 5.91 Å². The summed E-state index contributed by atoms with van der Waals surface area (Å²) in [6, 6.07) is 2.62. The van der Waals surface area contributed by atoms with E-state index in [9.17, 15) is 4.79 Å². The van der Waals surface area contributed by atoms with Crippen molar-refractivity contribution in [2.75, 3.05) is 20.1 Å². The van der Waals surface area contributed by atoms with Crippen molar-refractivity contribution < 1.29 is 4.79 Å². The van der Waals surface area contributed by atoms with Crippen LogP contribution in [0.25, 0.3) is 0 Å². The third kappa shape index (κ3) is 5.13. The van der Waals surface area contributed by atoms with Gasteiger partial charge in [-0.05, 0) is 27.7 Å². The molecule has 0 heterocycles. The van der Waals surface area contributed by atoms with Gasteiger partial charge in [-0.3, -0.25) is 9.69 Å². The van der Waals surface area contributed by atoms with E-state index in [2.05, 4.69) is 6.07 Å². The maximum atomic E-state index is 11.9. The summed E-state index contributed by atoms with van der Waals surface area (Å²) in [4.78, 5) is 15.6. The van der Waals surface area contributed by atoms with E-state index in [-0.39, 0.29) is 18.0 Å². The van der Waals surface area contributed by atoms with Crippen LogP contribution in [0.4, 0.5) is 0 Å². The molecular formula is C12H23N3O. The molecule has 0 aliphatic carbocycles. The van der Waals surface area contributed by atoms with E-state index in [1.165, 1.54) is 0 Å². The predicted octanol–water partition coefficient (Wildman–Crippen LogP) is 1.48. The van der Waals surface area contributed by atoms with E-state index in [0.29, 0.717) is 19.5 Å². The molecule has 0 aromatic heterocycles. The van der Waals surface area contributed by atoms with Crippen LogP contribution in [0.15, 0.2) is 0 Å². The van der Waals surface area contributed by atoms with Crippen LogP contribution in [0.1, 0.15) is 34.1 Å². The van der Waals surface area contributed by atoms with E-state index in [0.717, 1.165) is 0 Å². The van der Waals surface area contributed by atoms with Crippen LogP contribution in [0.3, 0.4) is 0 Å². The third-order valence-corrected chi connectivity index (χ3v) is 2.75. The first kappa shape index (κ1) is 14.9. The lowest BCUT2D eigenvalue weighted by molar-refractivity contribution is -0.133. The molecule has 0 aliphatic rings. The van der Waals surface area contributed by atoms with E-state index in [1.54, 1.807) is 4.90 Å². The molecule has 0 spiro atoms. The number of carbonyl (C=O) groups is 1. The van der Waals surface area contributed by atoms with Crippen LogP contribution in [0.5, 0.6) is 0 Å². The first-order valence-electron chi connectivity index (χ1n) is 5.76. The van der Waals surface area contributed by atoms with Gasteiger partial charge in [0.15, 0.2) is 0 Å². The molecule has 0 unspecified atom stereocenters. The highest BCUT2D eigenvalue weighted by atomic mass is 16.2. The Labute approximate surface area is 98.8 Å². The maximum absolute atomic E-state index is 11.9. The summed E-state index contributed by atoms with van der Waals surface area (Å²) < 4.78 is 0. The van der Waals surface area contributed by atoms with Gasteiger partial charge in [-0.1, -0.05) is 0 Å². The molecule has 0 N–H and O–H groups in total. The average Bonchev–Trinajstić information content (AvgIpc) is 2.21. The van der Waals surface area contributed by atoms with Gasteiger partial charge in [-0.15, -0.1) is 0 Å². The Morgan fingerprint density at radius 2 is 1.81 bits per heavy atom. The second kappa shape index (κ2) is 7.24. The van der Waals surface area contributed by atoms with Crippen LogP contribution in [-0.4, -0.2) is 47.9 Å². The summed E-state index contributed by atoms with van der Waals surface area (Å²) in [6.45, 7) is 9.12. The number of hydrogen-bond acceptors (Lipinski definition) is 3. The van der Waals surface area contributed by atoms with Crippen LogP contribution < -0.4 is 0 Å². The minimum atomic E-state index is 0.113. The molecule has 0 aromatic carbocycles. The molecule has 0 atom stereocenters. The molecule has 0 aliphatic heterocycles. The Morgan fingerprint density at radius 3 is 2.19 bits per heavy atom. The average molecular weight is 225 g/mol. The second-order valence-corrected chi connectivity index (χ2v) is 4.57. The maximum Gasteiger partial charge on any atom is 0.236 e. The number of amides is 1. The highest BCUT2D eigenvalue weighted by Gasteiger charge is 2.17. The van der Waals surface area contributed by atoms with Crippen LogP contribution >= 0.6 is 0 Å². The Balaban J connectivity index is 4.29. The van der Waals surface area contributed by atoms with Crippen molar-refractivity contribution >= 4 is 5.91 Å². The summed E-state index contributed by atoms with van der Waals surface area (Å²) in [6.07, 6.45) is 0.469. The van der Waals surface area contributed by atoms with Gasteiger partial charge >= 0.3 is 0 Å². The highest BCUT2D eigenvalue weighted by Crippen LogP contribution is 2.02. The molecule has 0 radical (unpaired) electrons. The van der Waals surface area contributed by atoms with Crippen molar-refractivity contribution in [2.24, 2.45) is 0 Å². The zero-order chi connectivity index (χ0) is 12.7. The fourth-order valence-corrected chi connectivity index (χ4v) is 1.29. The van der Waals surface area contributed by atoms with Crippen LogP contribution in [0.2, 0.25) is 0 Å². The largest absolute Gasteiger partial charge is 0.342 e. The molecule has 1 amide bonds. The fourth-order valence-electron chi connectivity index (χ4n) is 1.29. The molecule has 0 aromatic rings. The zero-order valence-corrected chi connectivity index (χ0v) is 11.0. The summed E-state index contributed by atoms with van der Waals surface area (Å²) in [7, 11) is 1.82. The lowest BCUT2D eigenvalue weighted by atomic mass is 10.2. The molecule has 0 bridgehead atoms. The van der Waals surface area contributed by atoms with Gasteiger partial charge in [0, 0.05) is 32.1 Å². The van der Waals surface area contributed by atoms with E-state index >= 15 is 0 Å². The van der Waals surface area contributed by atoms with E-state index in [4.69, 9.17) is 5.26 Å². The van der Waals surface area contributed by atoms with Gasteiger partial charge in [-0.25, -0.2) is 0 Å². The number of carbonyl (C=O) groups excluding carboxylic acids is 1. The topological polar surface area (TPSA) is 47.3 Å². The number of hydrogen-bond donors (Lipinski definition) is 0. The third-order valence-electron chi connectivity index (χ3n) is 2.75. The molecular weight excluding hydrogens is 202 g/mol. The van der Waals surface area contributed by atoms with Gasteiger partial charge in [0.1, 0.15) is 0 Å². The Kier molecular flexibility index (Phi) is 6.75. The van der Waals surface area contributed by atoms with Crippen LogP contribution in [0, 0.1) is 11.3 Å². The van der Waals surface area contributed by atoms with E-state index < -0.39 is 0 Å². The van der Waals surface area contributed by atoms with Crippen molar-refractivity contribution in [3.63, 3.8) is 0 Å². The molecule has 4 heteroatoms. The monoisotopic (exact) mass is 225 g/mol. The van der Waals surface area contributed by atoms with Gasteiger partial charge < -0.3 is 4.90 Å². The normalized spacial score (nSPS) is 10.9. The van der Waals surface area contributed by atoms with Gasteiger partial charge in [0.05, 0.1) is 12.6 Å². The zero-order valence-electron chi connectivity index (χ0n) is 11.0. The quantitative estimate of drug-likeness (QED) is 0.688. The van der Waals surface area contributed by atoms with Crippen molar-refractivity contribution in [3.8, 4) is 6.07 Å². The standard InChI is InChI=1S/C12H23N3O/c1-10(2)14(5)12(16)9-15(11(3)4)8-6-7-13/h10-11H,6,8-9H2,1-5H3. The Morgan fingerprint density at radius 1 is 1.25 bits per heavy atom. The van der Waals surface area contributed by atoms with Crippen molar-refractivity contribution in [3.05, 3.63) is 0 Å². The molecule has 0 rings (SSSR count). The van der Waals surface area contributed by atoms with Crippen molar-refractivity contribution in [1.29, 1.82) is 5.26 Å². The first-order chi connectivity index (χ1) is 7.40. The highest BCUT2D eigenvalue weighted by molar-refractivity contribution is 5.78. The SMILES string of the molecule is CC(C)N(CCC#N)CC(=O)N(C)C(C)C. The molecule has 4 nitrogen and oxygen atoms in total. The lowest BCUT2D eigenvalue weighted by Gasteiger charge is -2.29. The minimum Gasteiger partial charge on any atom is -0.342 e. The predicted molar refractivity (Wildman–Crippen MR) is 64.8 cm³/mol. The first-order valence-corrected chi connectivity index (χ1v) is 5.76. The molecule has 92 valence electrons. The molecule has 0 fully saturated rings. The van der Waals surface area contributed by atoms with Crippen molar-refractivity contribution in [2.45, 2.75) is 46.2 Å². The second-order valence-electron chi connectivity index (χ2n) is 4.57. The number of nitrogens with zero attached hydrogens (tertiary/aromatic N) is 3. The summed E-state index contributed by atoms with van der Waals surface area (Å²) in [5.74, 6) is 0.113. The molecule has 0 saturated heterocycles. The smallest absolute Gasteiger partial charge is 0.236 e. The molecule has 0 saturated carbocycles. The van der Waals surface area contributed by atoms with Crippen LogP contribution in [-0.2, 0) is 4.79 Å². The lowest BCUT2D eigenvalue weighted by Crippen LogP contribution is -2.44. The number of likely N-dealkylation sites (N-methyl/N-ethyl adjacent to an activating group) is 1. The summed E-state index contributed by atoms with van der Waals surface area (Å²) in [5, 5.41) is 8.56. The van der Waals surface area contributed by atoms with E-state index in [1.807, 2.05) is 39.6 Å².